The quantitative estimate of drug-likeness (QED) is 0.476. The summed E-state index contributed by atoms with van der Waals surface area (Å²) in [6, 6.07) is 3.88. The number of aromatic nitrogens is 2. The van der Waals surface area contributed by atoms with Crippen LogP contribution in [0.15, 0.2) is 30.9 Å². The second kappa shape index (κ2) is 5.30. The molecular weight excluding hydrogens is 248 g/mol. The van der Waals surface area contributed by atoms with Gasteiger partial charge in [-0.3, -0.25) is 10.1 Å². The van der Waals surface area contributed by atoms with Crippen LogP contribution in [0.3, 0.4) is 0 Å². The molecule has 2 aliphatic heterocycles. The van der Waals surface area contributed by atoms with E-state index in [9.17, 15) is 10.1 Å². The molecule has 2 aliphatic rings. The maximum absolute atomic E-state index is 9.93. The Hall–Kier alpha value is -2.70. The van der Waals surface area contributed by atoms with Gasteiger partial charge < -0.3 is 10.5 Å². The molecule has 0 radical (unpaired) electrons. The monoisotopic (exact) mass is 260 g/mol. The lowest BCUT2D eigenvalue weighted by molar-refractivity contribution is -0.385. The molecule has 4 rings (SSSR count). The molecule has 0 saturated heterocycles. The number of hydrogen-bond acceptors (Lipinski definition) is 6. The molecule has 0 spiro atoms. The molecule has 2 aromatic rings. The largest absolute Gasteiger partial charge is 0.489 e. The maximum atomic E-state index is 9.93. The predicted octanol–water partition coefficient (Wildman–Crippen LogP) is 1.85. The lowest BCUT2D eigenvalue weighted by atomic mass is 10.0. The van der Waals surface area contributed by atoms with Gasteiger partial charge in [-0.05, 0) is 18.6 Å². The maximum Gasteiger partial charge on any atom is 0.305 e. The van der Waals surface area contributed by atoms with Crippen LogP contribution in [0.4, 0.5) is 11.4 Å². The first-order valence-electron chi connectivity index (χ1n) is 5.49. The number of benzene rings is 1. The van der Waals surface area contributed by atoms with Crippen LogP contribution in [0.25, 0.3) is 0 Å². The van der Waals surface area contributed by atoms with E-state index in [-0.39, 0.29) is 5.69 Å². The summed E-state index contributed by atoms with van der Waals surface area (Å²) in [6.07, 6.45) is 3.53. The highest BCUT2D eigenvalue weighted by molar-refractivity contribution is 5.57. The fourth-order valence-corrected chi connectivity index (χ4v) is 1.63. The third-order valence-corrected chi connectivity index (χ3v) is 2.62. The van der Waals surface area contributed by atoms with Crippen LogP contribution in [0.1, 0.15) is 11.1 Å². The third kappa shape index (κ3) is 2.95. The number of ether oxygens (including phenoxy) is 1. The predicted molar refractivity (Wildman–Crippen MR) is 68.6 cm³/mol. The molecule has 0 saturated carbocycles. The first-order chi connectivity index (χ1) is 9.08. The van der Waals surface area contributed by atoms with Crippen molar-refractivity contribution in [3.63, 3.8) is 0 Å². The normalized spacial score (nSPS) is 11.2. The molecule has 0 fully saturated rings. The van der Waals surface area contributed by atoms with Crippen molar-refractivity contribution in [3.05, 3.63) is 52.1 Å². The van der Waals surface area contributed by atoms with Crippen molar-refractivity contribution in [1.82, 2.24) is 9.97 Å². The van der Waals surface area contributed by atoms with E-state index >= 15 is 0 Å². The Balaban J connectivity index is 0.000000141. The number of aryl methyl sites for hydroxylation is 1. The highest BCUT2D eigenvalue weighted by atomic mass is 16.6. The fraction of sp³-hybridized carbons (Fsp3) is 0.167. The van der Waals surface area contributed by atoms with Crippen LogP contribution < -0.4 is 10.5 Å². The molecule has 2 N–H and O–H groups in total. The van der Waals surface area contributed by atoms with E-state index in [1.165, 1.54) is 11.9 Å². The Morgan fingerprint density at radius 3 is 2.42 bits per heavy atom. The molecule has 98 valence electrons. The van der Waals surface area contributed by atoms with Crippen LogP contribution >= 0.6 is 0 Å². The van der Waals surface area contributed by atoms with E-state index in [0.717, 1.165) is 29.4 Å². The summed E-state index contributed by atoms with van der Waals surface area (Å²) in [6.45, 7) is 2.71. The number of anilines is 1. The zero-order valence-corrected chi connectivity index (χ0v) is 10.2. The van der Waals surface area contributed by atoms with Crippen LogP contribution in [-0.4, -0.2) is 14.9 Å². The smallest absolute Gasteiger partial charge is 0.305 e. The molecular formula is C12H12N4O3. The molecule has 1 aromatic carbocycles. The summed E-state index contributed by atoms with van der Waals surface area (Å²) in [7, 11) is 0. The van der Waals surface area contributed by atoms with Crippen molar-refractivity contribution in [2.75, 3.05) is 5.73 Å². The molecule has 3 heterocycles. The zero-order valence-electron chi connectivity index (χ0n) is 10.2. The molecule has 0 amide bonds. The molecule has 0 aliphatic carbocycles. The second-order valence-corrected chi connectivity index (χ2v) is 3.95. The lowest BCUT2D eigenvalue weighted by Crippen LogP contribution is -2.08. The third-order valence-electron chi connectivity index (χ3n) is 2.62. The van der Waals surface area contributed by atoms with Crippen LogP contribution in [0.5, 0.6) is 5.75 Å². The molecule has 7 heteroatoms. The number of fused-ring (bicyclic) bond motifs is 3. The molecule has 2 bridgehead atoms. The minimum absolute atomic E-state index is 0.0856. The van der Waals surface area contributed by atoms with Crippen molar-refractivity contribution in [2.24, 2.45) is 0 Å². The average molecular weight is 260 g/mol. The van der Waals surface area contributed by atoms with Crippen LogP contribution in [0.2, 0.25) is 0 Å². The Morgan fingerprint density at radius 2 is 2.05 bits per heavy atom. The van der Waals surface area contributed by atoms with Gasteiger partial charge in [0.1, 0.15) is 31.1 Å². The van der Waals surface area contributed by atoms with E-state index in [1.807, 2.05) is 12.1 Å². The van der Waals surface area contributed by atoms with Crippen molar-refractivity contribution >= 4 is 11.4 Å². The van der Waals surface area contributed by atoms with Gasteiger partial charge in [-0.15, -0.1) is 0 Å². The van der Waals surface area contributed by atoms with Crippen molar-refractivity contribution in [1.29, 1.82) is 0 Å². The van der Waals surface area contributed by atoms with Gasteiger partial charge in [-0.2, -0.15) is 0 Å². The van der Waals surface area contributed by atoms with E-state index in [4.69, 9.17) is 10.5 Å². The van der Waals surface area contributed by atoms with Gasteiger partial charge in [0.05, 0.1) is 4.92 Å². The summed E-state index contributed by atoms with van der Waals surface area (Å²) in [5.74, 6) is 0.894. The Morgan fingerprint density at radius 1 is 1.37 bits per heavy atom. The number of nitrogens with two attached hydrogens (primary N) is 1. The first-order valence-corrected chi connectivity index (χ1v) is 5.49. The number of nitrogens with zero attached hydrogens (tertiary/aromatic N) is 3. The van der Waals surface area contributed by atoms with E-state index < -0.39 is 4.92 Å². The SMILES string of the molecule is Cc1cc2cc(N)c1CO2.O=[N+]([O-])c1cncnc1. The summed E-state index contributed by atoms with van der Waals surface area (Å²) < 4.78 is 5.26. The minimum Gasteiger partial charge on any atom is -0.489 e. The summed E-state index contributed by atoms with van der Waals surface area (Å²) in [4.78, 5) is 16.3. The summed E-state index contributed by atoms with van der Waals surface area (Å²) >= 11 is 0. The van der Waals surface area contributed by atoms with Gasteiger partial charge in [-0.25, -0.2) is 9.97 Å². The van der Waals surface area contributed by atoms with Gasteiger partial charge in [0.15, 0.2) is 0 Å². The topological polar surface area (TPSA) is 104 Å². The van der Waals surface area contributed by atoms with Crippen LogP contribution in [-0.2, 0) is 6.61 Å². The average Bonchev–Trinajstić information content (AvgIpc) is 2.40. The van der Waals surface area contributed by atoms with Gasteiger partial charge in [-0.1, -0.05) is 0 Å². The number of hydrogen-bond donors (Lipinski definition) is 1. The first kappa shape index (κ1) is 12.7. The number of nitro groups is 1. The van der Waals surface area contributed by atoms with Crippen molar-refractivity contribution in [3.8, 4) is 5.75 Å². The Kier molecular flexibility index (Phi) is 3.56. The summed E-state index contributed by atoms with van der Waals surface area (Å²) in [5.41, 5.74) is 8.84. The molecule has 1 aromatic heterocycles. The molecule has 7 nitrogen and oxygen atoms in total. The van der Waals surface area contributed by atoms with Crippen LogP contribution in [0, 0.1) is 17.0 Å². The Labute approximate surface area is 109 Å². The zero-order chi connectivity index (χ0) is 13.8. The second-order valence-electron chi connectivity index (χ2n) is 3.95. The lowest BCUT2D eigenvalue weighted by Gasteiger charge is -2.19. The highest BCUT2D eigenvalue weighted by Crippen LogP contribution is 2.30. The van der Waals surface area contributed by atoms with E-state index in [2.05, 4.69) is 16.9 Å². The van der Waals surface area contributed by atoms with Gasteiger partial charge in [0, 0.05) is 17.3 Å². The summed E-state index contributed by atoms with van der Waals surface area (Å²) in [5, 5.41) is 9.93. The number of nitrogen functional groups attached to an aromatic ring is 1. The molecule has 0 atom stereocenters. The van der Waals surface area contributed by atoms with Gasteiger partial charge in [0.25, 0.3) is 0 Å². The minimum atomic E-state index is -0.542. The van der Waals surface area contributed by atoms with Crippen molar-refractivity contribution < 1.29 is 9.66 Å². The van der Waals surface area contributed by atoms with E-state index in [0.29, 0.717) is 6.61 Å². The van der Waals surface area contributed by atoms with E-state index in [1.54, 1.807) is 0 Å². The fourth-order valence-electron chi connectivity index (χ4n) is 1.63. The highest BCUT2D eigenvalue weighted by Gasteiger charge is 2.12. The van der Waals surface area contributed by atoms with Crippen molar-refractivity contribution in [2.45, 2.75) is 13.5 Å². The van der Waals surface area contributed by atoms with Gasteiger partial charge >= 0.3 is 5.69 Å². The standard InChI is InChI=1S/C8H9NO.C4H3N3O2/c1-5-2-6-3-8(9)7(5)4-10-6;8-7(9)4-1-5-3-6-2-4/h2-3H,4,9H2,1H3;1-3H. The number of rotatable bonds is 1. The Bertz CT molecular complexity index is 578. The molecule has 19 heavy (non-hydrogen) atoms. The van der Waals surface area contributed by atoms with Gasteiger partial charge in [0.2, 0.25) is 0 Å². The molecule has 0 unspecified atom stereocenters.